The van der Waals surface area contributed by atoms with E-state index in [-0.39, 0.29) is 49.4 Å². The summed E-state index contributed by atoms with van der Waals surface area (Å²) in [4.78, 5) is 49.9. The molecular formula is C25H32N4O6. The predicted molar refractivity (Wildman–Crippen MR) is 130 cm³/mol. The van der Waals surface area contributed by atoms with Crippen LogP contribution >= 0.6 is 0 Å². The second-order valence-electron chi connectivity index (χ2n) is 8.28. The molecule has 1 aliphatic heterocycles. The molecule has 0 spiro atoms. The second kappa shape index (κ2) is 12.6. The molecule has 0 radical (unpaired) electrons. The highest BCUT2D eigenvalue weighted by molar-refractivity contribution is 5.97. The van der Waals surface area contributed by atoms with Crippen LogP contribution in [-0.2, 0) is 16.1 Å². The minimum absolute atomic E-state index is 0.0757. The van der Waals surface area contributed by atoms with E-state index in [2.05, 4.69) is 16.0 Å². The molecule has 3 rings (SSSR count). The molecule has 2 aromatic rings. The first-order valence-electron chi connectivity index (χ1n) is 11.7. The molecule has 0 aliphatic carbocycles. The van der Waals surface area contributed by atoms with Gasteiger partial charge >= 0.3 is 0 Å². The molecule has 1 atom stereocenters. The first-order valence-corrected chi connectivity index (χ1v) is 11.7. The maximum atomic E-state index is 12.8. The molecule has 0 unspecified atom stereocenters. The Kier molecular flexibility index (Phi) is 9.28. The van der Waals surface area contributed by atoms with Gasteiger partial charge in [-0.05, 0) is 44.4 Å². The van der Waals surface area contributed by atoms with Crippen LogP contribution in [0, 0.1) is 6.92 Å². The number of hydrogen-bond donors (Lipinski definition) is 3. The van der Waals surface area contributed by atoms with E-state index in [1.54, 1.807) is 37.3 Å². The first kappa shape index (κ1) is 25.8. The summed E-state index contributed by atoms with van der Waals surface area (Å²) in [6.07, 6.45) is 1.76. The maximum Gasteiger partial charge on any atom is 0.255 e. The summed E-state index contributed by atoms with van der Waals surface area (Å²) >= 11 is 0. The van der Waals surface area contributed by atoms with Gasteiger partial charge in [-0.3, -0.25) is 19.2 Å². The zero-order chi connectivity index (χ0) is 25.2. The molecule has 1 aliphatic rings. The third-order valence-corrected chi connectivity index (χ3v) is 5.78. The monoisotopic (exact) mass is 484 g/mol. The van der Waals surface area contributed by atoms with E-state index in [0.29, 0.717) is 42.9 Å². The Morgan fingerprint density at radius 2 is 1.97 bits per heavy atom. The fraction of sp³-hybridized carbons (Fsp3) is 0.440. The first-order chi connectivity index (χ1) is 16.9. The van der Waals surface area contributed by atoms with E-state index in [0.717, 1.165) is 5.69 Å². The number of aromatic nitrogens is 1. The summed E-state index contributed by atoms with van der Waals surface area (Å²) < 4.78 is 12.5. The van der Waals surface area contributed by atoms with E-state index in [1.807, 2.05) is 0 Å². The quantitative estimate of drug-likeness (QED) is 0.584. The van der Waals surface area contributed by atoms with Crippen LogP contribution in [0.1, 0.15) is 41.7 Å². The fourth-order valence-electron chi connectivity index (χ4n) is 3.82. The Hall–Kier alpha value is -3.82. The lowest BCUT2D eigenvalue weighted by molar-refractivity contribution is -0.129. The fourth-order valence-corrected chi connectivity index (χ4v) is 3.82. The molecule has 1 aromatic heterocycles. The lowest BCUT2D eigenvalue weighted by Gasteiger charge is -2.20. The number of aryl methyl sites for hydroxylation is 1. The standard InChI is InChI=1S/C25H32N4O6/c1-17-6-5-8-23(31)29(17)14-11-22(30)28-20-7-3-4-12-26-24(32)19-10-9-18(34-2)16-21(19)35-15-13-27-25(20)33/h5-6,8-10,16,20H,3-4,7,11-15H2,1-2H3,(H,26,32)(H,27,33)(H,28,30)/t20-/m0/s1. The Morgan fingerprint density at radius 3 is 2.74 bits per heavy atom. The van der Waals surface area contributed by atoms with Crippen molar-refractivity contribution >= 4 is 17.7 Å². The summed E-state index contributed by atoms with van der Waals surface area (Å²) in [6.45, 7) is 2.79. The predicted octanol–water partition coefficient (Wildman–Crippen LogP) is 1.15. The summed E-state index contributed by atoms with van der Waals surface area (Å²) in [6, 6.07) is 9.17. The van der Waals surface area contributed by atoms with Crippen molar-refractivity contribution in [2.24, 2.45) is 0 Å². The van der Waals surface area contributed by atoms with Crippen LogP contribution in [0.15, 0.2) is 41.2 Å². The van der Waals surface area contributed by atoms with E-state index >= 15 is 0 Å². The third kappa shape index (κ3) is 7.33. The summed E-state index contributed by atoms with van der Waals surface area (Å²) in [5, 5.41) is 8.44. The van der Waals surface area contributed by atoms with Crippen molar-refractivity contribution < 1.29 is 23.9 Å². The van der Waals surface area contributed by atoms with Crippen LogP contribution in [0.2, 0.25) is 0 Å². The van der Waals surface area contributed by atoms with Crippen molar-refractivity contribution in [1.82, 2.24) is 20.5 Å². The summed E-state index contributed by atoms with van der Waals surface area (Å²) in [5.74, 6) is 0.0518. The smallest absolute Gasteiger partial charge is 0.255 e. The van der Waals surface area contributed by atoms with Crippen molar-refractivity contribution in [2.45, 2.75) is 45.2 Å². The number of benzene rings is 1. The number of carbonyl (C=O) groups is 3. The molecule has 10 heteroatoms. The topological polar surface area (TPSA) is 128 Å². The van der Waals surface area contributed by atoms with Crippen molar-refractivity contribution in [2.75, 3.05) is 26.8 Å². The molecule has 0 bridgehead atoms. The van der Waals surface area contributed by atoms with Crippen LogP contribution in [-0.4, -0.2) is 55.1 Å². The van der Waals surface area contributed by atoms with E-state index in [4.69, 9.17) is 9.47 Å². The number of hydrogen-bond acceptors (Lipinski definition) is 6. The number of pyridine rings is 1. The largest absolute Gasteiger partial charge is 0.497 e. The van der Waals surface area contributed by atoms with Crippen molar-refractivity contribution in [1.29, 1.82) is 0 Å². The number of ether oxygens (including phenoxy) is 2. The minimum atomic E-state index is -0.720. The van der Waals surface area contributed by atoms with Gasteiger partial charge in [0, 0.05) is 37.3 Å². The zero-order valence-corrected chi connectivity index (χ0v) is 20.1. The Labute approximate surface area is 204 Å². The molecule has 188 valence electrons. The van der Waals surface area contributed by atoms with Gasteiger partial charge in [-0.2, -0.15) is 0 Å². The SMILES string of the molecule is COc1ccc2c(c1)OCCNC(=O)[C@@H](NC(=O)CCn1c(C)cccc1=O)CCCCNC2=O. The third-order valence-electron chi connectivity index (χ3n) is 5.78. The Balaban J connectivity index is 1.61. The normalized spacial score (nSPS) is 17.1. The van der Waals surface area contributed by atoms with Gasteiger partial charge in [-0.25, -0.2) is 0 Å². The highest BCUT2D eigenvalue weighted by Crippen LogP contribution is 2.25. The molecule has 3 amide bonds. The molecular weight excluding hydrogens is 452 g/mol. The average molecular weight is 485 g/mol. The van der Waals surface area contributed by atoms with Crippen molar-refractivity contribution in [3.8, 4) is 11.5 Å². The van der Waals surface area contributed by atoms with Gasteiger partial charge in [0.1, 0.15) is 24.1 Å². The Morgan fingerprint density at radius 1 is 1.14 bits per heavy atom. The Bertz CT molecular complexity index is 1110. The molecule has 10 nitrogen and oxygen atoms in total. The van der Waals surface area contributed by atoms with Gasteiger partial charge in [0.25, 0.3) is 11.5 Å². The van der Waals surface area contributed by atoms with Crippen LogP contribution in [0.3, 0.4) is 0 Å². The number of rotatable bonds is 5. The molecule has 1 aromatic carbocycles. The van der Waals surface area contributed by atoms with Crippen molar-refractivity contribution in [3.63, 3.8) is 0 Å². The average Bonchev–Trinajstić information content (AvgIpc) is 2.84. The van der Waals surface area contributed by atoms with Gasteiger partial charge in [0.2, 0.25) is 11.8 Å². The number of methoxy groups -OCH3 is 1. The summed E-state index contributed by atoms with van der Waals surface area (Å²) in [7, 11) is 1.53. The molecule has 3 N–H and O–H groups in total. The summed E-state index contributed by atoms with van der Waals surface area (Å²) in [5.41, 5.74) is 0.990. The van der Waals surface area contributed by atoms with Crippen LogP contribution in [0.4, 0.5) is 0 Å². The highest BCUT2D eigenvalue weighted by Gasteiger charge is 2.21. The van der Waals surface area contributed by atoms with E-state index in [1.165, 1.54) is 17.7 Å². The maximum absolute atomic E-state index is 12.8. The highest BCUT2D eigenvalue weighted by atomic mass is 16.5. The van der Waals surface area contributed by atoms with Gasteiger partial charge in [-0.15, -0.1) is 0 Å². The van der Waals surface area contributed by atoms with Crippen LogP contribution < -0.4 is 31.0 Å². The number of carbonyl (C=O) groups excluding carboxylic acids is 3. The lowest BCUT2D eigenvalue weighted by atomic mass is 10.1. The number of amides is 3. The molecule has 0 saturated heterocycles. The van der Waals surface area contributed by atoms with Gasteiger partial charge < -0.3 is 30.0 Å². The van der Waals surface area contributed by atoms with E-state index < -0.39 is 6.04 Å². The minimum Gasteiger partial charge on any atom is -0.497 e. The molecule has 0 saturated carbocycles. The second-order valence-corrected chi connectivity index (χ2v) is 8.28. The zero-order valence-electron chi connectivity index (χ0n) is 20.1. The van der Waals surface area contributed by atoms with Gasteiger partial charge in [0.05, 0.1) is 19.2 Å². The van der Waals surface area contributed by atoms with Gasteiger partial charge in [0.15, 0.2) is 0 Å². The number of nitrogens with zero attached hydrogens (tertiary/aromatic N) is 1. The molecule has 0 fully saturated rings. The number of nitrogens with one attached hydrogen (secondary N) is 3. The molecule has 35 heavy (non-hydrogen) atoms. The molecule has 2 heterocycles. The van der Waals surface area contributed by atoms with Crippen LogP contribution in [0.5, 0.6) is 11.5 Å². The number of fused-ring (bicyclic) bond motifs is 1. The van der Waals surface area contributed by atoms with E-state index in [9.17, 15) is 19.2 Å². The van der Waals surface area contributed by atoms with Crippen LogP contribution in [0.25, 0.3) is 0 Å². The van der Waals surface area contributed by atoms with Gasteiger partial charge in [-0.1, -0.05) is 6.07 Å². The lowest BCUT2D eigenvalue weighted by Crippen LogP contribution is -2.48. The van der Waals surface area contributed by atoms with Crippen molar-refractivity contribution in [3.05, 3.63) is 58.0 Å².